The number of hydrogen-bond donors (Lipinski definition) is 1. The zero-order chi connectivity index (χ0) is 8.97. The van der Waals surface area contributed by atoms with Crippen molar-refractivity contribution in [3.05, 3.63) is 34.9 Å². The molecule has 0 fully saturated rings. The molecule has 0 aliphatic heterocycles. The quantitative estimate of drug-likeness (QED) is 0.578. The van der Waals surface area contributed by atoms with Crippen molar-refractivity contribution >= 4 is 35.0 Å². The van der Waals surface area contributed by atoms with Crippen molar-refractivity contribution in [3.63, 3.8) is 0 Å². The maximum atomic E-state index is 5.72. The van der Waals surface area contributed by atoms with Crippen LogP contribution in [0.2, 0.25) is 5.02 Å². The highest BCUT2D eigenvalue weighted by molar-refractivity contribution is 6.30. The van der Waals surface area contributed by atoms with E-state index in [1.807, 2.05) is 18.2 Å². The van der Waals surface area contributed by atoms with Crippen molar-refractivity contribution in [1.29, 1.82) is 0 Å². The Kier molecular flexibility index (Phi) is 3.45. The van der Waals surface area contributed by atoms with Crippen LogP contribution < -0.4 is 5.73 Å². The van der Waals surface area contributed by atoms with Gasteiger partial charge in [-0.25, -0.2) is 0 Å². The zero-order valence-corrected chi connectivity index (χ0v) is 7.94. The van der Waals surface area contributed by atoms with E-state index >= 15 is 0 Å². The molecule has 0 heterocycles. The number of alkyl halides is 1. The number of benzene rings is 1. The van der Waals surface area contributed by atoms with E-state index < -0.39 is 0 Å². The fourth-order valence-electron chi connectivity index (χ4n) is 0.869. The molecule has 1 rings (SSSR count). The fraction of sp³-hybridized carbons (Fsp3) is 0.111. The lowest BCUT2D eigenvalue weighted by atomic mass is 10.2. The van der Waals surface area contributed by atoms with Crippen LogP contribution >= 0.6 is 23.2 Å². The van der Waals surface area contributed by atoms with Gasteiger partial charge in [0.25, 0.3) is 0 Å². The Labute approximate surface area is 81.8 Å². The predicted octanol–water partition coefficient (Wildman–Crippen LogP) is 3.17. The molecule has 1 aromatic rings. The first-order valence-electron chi connectivity index (χ1n) is 3.51. The van der Waals surface area contributed by atoms with Gasteiger partial charge in [-0.15, -0.1) is 11.6 Å². The van der Waals surface area contributed by atoms with Crippen LogP contribution in [0.1, 0.15) is 5.56 Å². The highest BCUT2D eigenvalue weighted by Crippen LogP contribution is 2.18. The standard InChI is InChI=1S/C9H9Cl2N/c10-5-1-2-7-3-4-8(11)6-9(7)12/h1-4,6H,5,12H2. The van der Waals surface area contributed by atoms with Crippen LogP contribution in [0, 0.1) is 0 Å². The molecule has 0 bridgehead atoms. The second-order valence-electron chi connectivity index (χ2n) is 2.33. The molecule has 0 saturated carbocycles. The number of rotatable bonds is 2. The van der Waals surface area contributed by atoms with Crippen LogP contribution in [0.4, 0.5) is 5.69 Å². The van der Waals surface area contributed by atoms with Gasteiger partial charge in [0.2, 0.25) is 0 Å². The smallest absolute Gasteiger partial charge is 0.0426 e. The van der Waals surface area contributed by atoms with E-state index in [1.54, 1.807) is 12.1 Å². The van der Waals surface area contributed by atoms with Crippen LogP contribution in [-0.2, 0) is 0 Å². The summed E-state index contributed by atoms with van der Waals surface area (Å²) in [4.78, 5) is 0. The Morgan fingerprint density at radius 3 is 2.75 bits per heavy atom. The molecule has 0 unspecified atom stereocenters. The molecular weight excluding hydrogens is 193 g/mol. The molecule has 0 aliphatic carbocycles. The first-order chi connectivity index (χ1) is 5.74. The predicted molar refractivity (Wildman–Crippen MR) is 55.6 cm³/mol. The Morgan fingerprint density at radius 2 is 2.17 bits per heavy atom. The third-order valence-electron chi connectivity index (χ3n) is 1.44. The number of nitrogen functional groups attached to an aromatic ring is 1. The number of allylic oxidation sites excluding steroid dienone is 1. The Balaban J connectivity index is 2.94. The highest BCUT2D eigenvalue weighted by Gasteiger charge is 1.94. The third-order valence-corrected chi connectivity index (χ3v) is 1.85. The number of hydrogen-bond acceptors (Lipinski definition) is 1. The van der Waals surface area contributed by atoms with E-state index in [0.717, 1.165) is 5.56 Å². The molecule has 0 atom stereocenters. The zero-order valence-electron chi connectivity index (χ0n) is 6.43. The number of halogens is 2. The Morgan fingerprint density at radius 1 is 1.42 bits per heavy atom. The van der Waals surface area contributed by atoms with Crippen molar-refractivity contribution < 1.29 is 0 Å². The van der Waals surface area contributed by atoms with Crippen LogP contribution in [0.3, 0.4) is 0 Å². The molecule has 0 saturated heterocycles. The maximum absolute atomic E-state index is 5.72. The van der Waals surface area contributed by atoms with Gasteiger partial charge in [-0.2, -0.15) is 0 Å². The van der Waals surface area contributed by atoms with Gasteiger partial charge in [-0.3, -0.25) is 0 Å². The maximum Gasteiger partial charge on any atom is 0.0426 e. The highest BCUT2D eigenvalue weighted by atomic mass is 35.5. The molecule has 1 aromatic carbocycles. The monoisotopic (exact) mass is 201 g/mol. The third kappa shape index (κ3) is 2.43. The van der Waals surface area contributed by atoms with Gasteiger partial charge in [0.1, 0.15) is 0 Å². The van der Waals surface area contributed by atoms with Gasteiger partial charge < -0.3 is 5.73 Å². The van der Waals surface area contributed by atoms with Gasteiger partial charge in [-0.05, 0) is 17.7 Å². The van der Waals surface area contributed by atoms with Crippen LogP contribution in [0.15, 0.2) is 24.3 Å². The molecule has 0 aromatic heterocycles. The minimum Gasteiger partial charge on any atom is -0.398 e. The van der Waals surface area contributed by atoms with E-state index in [1.165, 1.54) is 0 Å². The molecule has 1 nitrogen and oxygen atoms in total. The first kappa shape index (κ1) is 9.43. The summed E-state index contributed by atoms with van der Waals surface area (Å²) in [7, 11) is 0. The Bertz CT molecular complexity index is 295. The summed E-state index contributed by atoms with van der Waals surface area (Å²) < 4.78 is 0. The molecule has 2 N–H and O–H groups in total. The lowest BCUT2D eigenvalue weighted by Gasteiger charge is -1.99. The molecule has 0 radical (unpaired) electrons. The van der Waals surface area contributed by atoms with Gasteiger partial charge in [0.05, 0.1) is 0 Å². The molecule has 12 heavy (non-hydrogen) atoms. The second-order valence-corrected chi connectivity index (χ2v) is 3.07. The molecule has 3 heteroatoms. The minimum absolute atomic E-state index is 0.488. The van der Waals surface area contributed by atoms with Crippen molar-refractivity contribution in [3.8, 4) is 0 Å². The normalized spacial score (nSPS) is 10.8. The summed E-state index contributed by atoms with van der Waals surface area (Å²) in [6, 6.07) is 5.38. The van der Waals surface area contributed by atoms with E-state index in [9.17, 15) is 0 Å². The summed E-state index contributed by atoms with van der Waals surface area (Å²) in [5.41, 5.74) is 7.30. The van der Waals surface area contributed by atoms with Crippen molar-refractivity contribution in [1.82, 2.24) is 0 Å². The van der Waals surface area contributed by atoms with Crippen LogP contribution in [0.25, 0.3) is 6.08 Å². The van der Waals surface area contributed by atoms with Crippen LogP contribution in [0.5, 0.6) is 0 Å². The molecule has 0 aliphatic rings. The summed E-state index contributed by atoms with van der Waals surface area (Å²) in [5.74, 6) is 0.488. The largest absolute Gasteiger partial charge is 0.398 e. The summed E-state index contributed by atoms with van der Waals surface area (Å²) >= 11 is 11.2. The summed E-state index contributed by atoms with van der Waals surface area (Å²) in [6.45, 7) is 0. The molecule has 0 spiro atoms. The van der Waals surface area contributed by atoms with E-state index in [4.69, 9.17) is 28.9 Å². The summed E-state index contributed by atoms with van der Waals surface area (Å²) in [5, 5.41) is 0.649. The molecule has 64 valence electrons. The van der Waals surface area contributed by atoms with E-state index in [2.05, 4.69) is 0 Å². The van der Waals surface area contributed by atoms with Gasteiger partial charge >= 0.3 is 0 Å². The molecular formula is C9H9Cl2N. The van der Waals surface area contributed by atoms with Gasteiger partial charge in [0, 0.05) is 16.6 Å². The topological polar surface area (TPSA) is 26.0 Å². The minimum atomic E-state index is 0.488. The molecule has 0 amide bonds. The number of anilines is 1. The lowest BCUT2D eigenvalue weighted by molar-refractivity contribution is 1.63. The average molecular weight is 202 g/mol. The number of nitrogens with two attached hydrogens (primary N) is 1. The van der Waals surface area contributed by atoms with Crippen molar-refractivity contribution in [2.75, 3.05) is 11.6 Å². The van der Waals surface area contributed by atoms with E-state index in [0.29, 0.717) is 16.6 Å². The average Bonchev–Trinajstić information content (AvgIpc) is 2.03. The van der Waals surface area contributed by atoms with Crippen molar-refractivity contribution in [2.24, 2.45) is 0 Å². The lowest BCUT2D eigenvalue weighted by Crippen LogP contribution is -1.88. The van der Waals surface area contributed by atoms with Crippen molar-refractivity contribution in [2.45, 2.75) is 0 Å². The van der Waals surface area contributed by atoms with Gasteiger partial charge in [-0.1, -0.05) is 29.8 Å². The summed E-state index contributed by atoms with van der Waals surface area (Å²) in [6.07, 6.45) is 3.71. The van der Waals surface area contributed by atoms with Crippen LogP contribution in [-0.4, -0.2) is 5.88 Å². The van der Waals surface area contributed by atoms with E-state index in [-0.39, 0.29) is 0 Å². The van der Waals surface area contributed by atoms with Gasteiger partial charge in [0.15, 0.2) is 0 Å². The Hall–Kier alpha value is -0.660. The fourth-order valence-corrected chi connectivity index (χ4v) is 1.14. The second kappa shape index (κ2) is 4.39. The SMILES string of the molecule is Nc1cc(Cl)ccc1C=CCCl. The first-order valence-corrected chi connectivity index (χ1v) is 4.43.